The molecule has 0 radical (unpaired) electrons. The van der Waals surface area contributed by atoms with Crippen LogP contribution in [0, 0.1) is 5.82 Å². The van der Waals surface area contributed by atoms with Crippen molar-refractivity contribution in [1.82, 2.24) is 15.6 Å². The second kappa shape index (κ2) is 7.24. The summed E-state index contributed by atoms with van der Waals surface area (Å²) in [6, 6.07) is 2.60. The van der Waals surface area contributed by atoms with Crippen LogP contribution in [-0.2, 0) is 11.2 Å². The van der Waals surface area contributed by atoms with Crippen LogP contribution in [0.15, 0.2) is 12.1 Å². The number of ether oxygens (including phenoxy) is 1. The number of nitrogens with one attached hydrogen (secondary N) is 3. The van der Waals surface area contributed by atoms with Crippen molar-refractivity contribution < 1.29 is 27.5 Å². The maximum atomic E-state index is 13.8. The molecule has 0 fully saturated rings. The SMILES string of the molecule is CNC(=O)c1[nH]c2cc(F)c(OC)cc2c1CCNC(=O)C(F)F. The van der Waals surface area contributed by atoms with Crippen molar-refractivity contribution in [2.24, 2.45) is 0 Å². The molecule has 0 saturated carbocycles. The molecular weight excluding hydrogens is 327 g/mol. The molecule has 2 amide bonds. The topological polar surface area (TPSA) is 83.2 Å². The molecule has 0 bridgehead atoms. The lowest BCUT2D eigenvalue weighted by atomic mass is 10.1. The van der Waals surface area contributed by atoms with Gasteiger partial charge in [-0.2, -0.15) is 8.78 Å². The number of rotatable bonds is 6. The van der Waals surface area contributed by atoms with Crippen LogP contribution >= 0.6 is 0 Å². The molecular formula is C15H16F3N3O3. The largest absolute Gasteiger partial charge is 0.494 e. The van der Waals surface area contributed by atoms with E-state index in [1.54, 1.807) is 0 Å². The molecule has 0 aliphatic rings. The Morgan fingerprint density at radius 3 is 2.62 bits per heavy atom. The fourth-order valence-electron chi connectivity index (χ4n) is 2.37. The van der Waals surface area contributed by atoms with Crippen molar-refractivity contribution in [2.75, 3.05) is 20.7 Å². The zero-order chi connectivity index (χ0) is 17.9. The van der Waals surface area contributed by atoms with Gasteiger partial charge in [0.15, 0.2) is 11.6 Å². The number of aromatic amines is 1. The van der Waals surface area contributed by atoms with E-state index in [1.807, 2.05) is 0 Å². The van der Waals surface area contributed by atoms with Gasteiger partial charge < -0.3 is 20.4 Å². The maximum Gasteiger partial charge on any atom is 0.315 e. The number of H-pyrrole nitrogens is 1. The molecule has 0 spiro atoms. The number of halogens is 3. The highest BCUT2D eigenvalue weighted by Gasteiger charge is 2.20. The van der Waals surface area contributed by atoms with Gasteiger partial charge in [0.05, 0.1) is 7.11 Å². The van der Waals surface area contributed by atoms with Crippen molar-refractivity contribution in [2.45, 2.75) is 12.8 Å². The average molecular weight is 343 g/mol. The third-order valence-electron chi connectivity index (χ3n) is 3.51. The number of carbonyl (C=O) groups is 2. The lowest BCUT2D eigenvalue weighted by molar-refractivity contribution is -0.131. The summed E-state index contributed by atoms with van der Waals surface area (Å²) < 4.78 is 43.1. The van der Waals surface area contributed by atoms with Gasteiger partial charge in [-0.3, -0.25) is 9.59 Å². The Hall–Kier alpha value is -2.71. The van der Waals surface area contributed by atoms with E-state index >= 15 is 0 Å². The van der Waals surface area contributed by atoms with E-state index in [4.69, 9.17) is 4.74 Å². The molecule has 0 aliphatic heterocycles. The Labute approximate surface area is 135 Å². The molecule has 9 heteroatoms. The number of hydrogen-bond acceptors (Lipinski definition) is 3. The monoisotopic (exact) mass is 343 g/mol. The van der Waals surface area contributed by atoms with E-state index < -0.39 is 24.1 Å². The molecule has 1 aromatic carbocycles. The molecule has 6 nitrogen and oxygen atoms in total. The summed E-state index contributed by atoms with van der Waals surface area (Å²) in [6.07, 6.45) is -3.00. The number of amides is 2. The predicted molar refractivity (Wildman–Crippen MR) is 80.9 cm³/mol. The number of aromatic nitrogens is 1. The molecule has 1 heterocycles. The zero-order valence-corrected chi connectivity index (χ0v) is 13.0. The highest BCUT2D eigenvalue weighted by molar-refractivity contribution is 6.01. The first-order chi connectivity index (χ1) is 11.4. The lowest BCUT2D eigenvalue weighted by Crippen LogP contribution is -2.31. The van der Waals surface area contributed by atoms with Gasteiger partial charge in [-0.25, -0.2) is 4.39 Å². The number of fused-ring (bicyclic) bond motifs is 1. The fourth-order valence-corrected chi connectivity index (χ4v) is 2.37. The molecule has 0 saturated heterocycles. The van der Waals surface area contributed by atoms with Crippen LogP contribution in [0.5, 0.6) is 5.75 Å². The van der Waals surface area contributed by atoms with E-state index in [0.717, 1.165) is 0 Å². The van der Waals surface area contributed by atoms with Gasteiger partial charge in [0.25, 0.3) is 11.8 Å². The Bertz CT molecular complexity index is 774. The summed E-state index contributed by atoms with van der Waals surface area (Å²) in [5, 5.41) is 5.02. The van der Waals surface area contributed by atoms with E-state index in [-0.39, 0.29) is 24.4 Å². The number of hydrogen-bond donors (Lipinski definition) is 3. The minimum Gasteiger partial charge on any atom is -0.494 e. The van der Waals surface area contributed by atoms with Gasteiger partial charge in [0, 0.05) is 30.6 Å². The molecule has 2 rings (SSSR count). The van der Waals surface area contributed by atoms with Crippen LogP contribution < -0.4 is 15.4 Å². The first-order valence-electron chi connectivity index (χ1n) is 7.05. The Kier molecular flexibility index (Phi) is 5.32. The fraction of sp³-hybridized carbons (Fsp3) is 0.333. The second-order valence-electron chi connectivity index (χ2n) is 4.93. The Morgan fingerprint density at radius 2 is 2.04 bits per heavy atom. The first-order valence-corrected chi connectivity index (χ1v) is 7.05. The molecule has 0 aliphatic carbocycles. The van der Waals surface area contributed by atoms with Crippen LogP contribution in [-0.4, -0.2) is 43.9 Å². The smallest absolute Gasteiger partial charge is 0.315 e. The highest BCUT2D eigenvalue weighted by Crippen LogP contribution is 2.29. The van der Waals surface area contributed by atoms with Crippen molar-refractivity contribution >= 4 is 22.7 Å². The first kappa shape index (κ1) is 17.6. The second-order valence-corrected chi connectivity index (χ2v) is 4.93. The van der Waals surface area contributed by atoms with Gasteiger partial charge >= 0.3 is 6.43 Å². The quantitative estimate of drug-likeness (QED) is 0.745. The molecule has 24 heavy (non-hydrogen) atoms. The van der Waals surface area contributed by atoms with E-state index in [0.29, 0.717) is 16.5 Å². The summed E-state index contributed by atoms with van der Waals surface area (Å²) in [6.45, 7) is -0.0974. The van der Waals surface area contributed by atoms with Gasteiger partial charge in [0.2, 0.25) is 0 Å². The van der Waals surface area contributed by atoms with Gasteiger partial charge in [-0.05, 0) is 18.1 Å². The van der Waals surface area contributed by atoms with E-state index in [9.17, 15) is 22.8 Å². The standard InChI is InChI=1S/C15H16F3N3O3/c1-19-14(22)12-7(3-4-20-15(23)13(17)18)8-5-11(24-2)9(16)6-10(8)21-12/h5-6,13,21H,3-4H2,1-2H3,(H,19,22)(H,20,23). The van der Waals surface area contributed by atoms with Crippen LogP contribution in [0.2, 0.25) is 0 Å². The maximum absolute atomic E-state index is 13.8. The van der Waals surface area contributed by atoms with E-state index in [1.165, 1.54) is 26.3 Å². The number of methoxy groups -OCH3 is 1. The third-order valence-corrected chi connectivity index (χ3v) is 3.51. The minimum atomic E-state index is -3.11. The minimum absolute atomic E-state index is 0.0113. The van der Waals surface area contributed by atoms with Crippen LogP contribution in [0.3, 0.4) is 0 Å². The molecule has 2 aromatic rings. The van der Waals surface area contributed by atoms with Gasteiger partial charge in [0.1, 0.15) is 5.69 Å². The van der Waals surface area contributed by atoms with Gasteiger partial charge in [-0.15, -0.1) is 0 Å². The van der Waals surface area contributed by atoms with Crippen molar-refractivity contribution in [3.05, 3.63) is 29.2 Å². The molecule has 1 aromatic heterocycles. The Morgan fingerprint density at radius 1 is 1.33 bits per heavy atom. The average Bonchev–Trinajstić information content (AvgIpc) is 2.90. The van der Waals surface area contributed by atoms with Crippen LogP contribution in [0.1, 0.15) is 16.1 Å². The number of alkyl halides is 2. The normalized spacial score (nSPS) is 10.9. The summed E-state index contributed by atoms with van der Waals surface area (Å²) in [5.41, 5.74) is 1.01. The van der Waals surface area contributed by atoms with Crippen LogP contribution in [0.4, 0.5) is 13.2 Å². The van der Waals surface area contributed by atoms with Crippen molar-refractivity contribution in [3.63, 3.8) is 0 Å². The lowest BCUT2D eigenvalue weighted by Gasteiger charge is -2.07. The Balaban J connectivity index is 2.40. The molecule has 130 valence electrons. The highest BCUT2D eigenvalue weighted by atomic mass is 19.3. The van der Waals surface area contributed by atoms with Gasteiger partial charge in [-0.1, -0.05) is 0 Å². The van der Waals surface area contributed by atoms with Crippen molar-refractivity contribution in [3.8, 4) is 5.75 Å². The predicted octanol–water partition coefficient (Wildman–Crippen LogP) is 1.60. The molecule has 0 unspecified atom stereocenters. The number of carbonyl (C=O) groups excluding carboxylic acids is 2. The summed E-state index contributed by atoms with van der Waals surface area (Å²) in [7, 11) is 2.73. The van der Waals surface area contributed by atoms with E-state index in [2.05, 4.69) is 15.6 Å². The summed E-state index contributed by atoms with van der Waals surface area (Å²) in [5.74, 6) is -2.45. The molecule has 0 atom stereocenters. The molecule has 3 N–H and O–H groups in total. The third kappa shape index (κ3) is 3.44. The zero-order valence-electron chi connectivity index (χ0n) is 13.0. The summed E-state index contributed by atoms with van der Waals surface area (Å²) >= 11 is 0. The van der Waals surface area contributed by atoms with Crippen LogP contribution in [0.25, 0.3) is 10.9 Å². The van der Waals surface area contributed by atoms with Crippen molar-refractivity contribution in [1.29, 1.82) is 0 Å². The number of benzene rings is 1. The summed E-state index contributed by atoms with van der Waals surface area (Å²) in [4.78, 5) is 25.7.